The highest BCUT2D eigenvalue weighted by Gasteiger charge is 2.56. The Labute approximate surface area is 189 Å². The minimum atomic E-state index is -0.794. The van der Waals surface area contributed by atoms with Crippen molar-refractivity contribution in [3.8, 4) is 0 Å². The van der Waals surface area contributed by atoms with Crippen LogP contribution in [0.5, 0.6) is 0 Å². The number of anilines is 1. The molecular formula is C20H27N5O6S. The molecule has 0 bridgehead atoms. The van der Waals surface area contributed by atoms with E-state index < -0.39 is 29.8 Å². The predicted octanol–water partition coefficient (Wildman–Crippen LogP) is 2.87. The summed E-state index contributed by atoms with van der Waals surface area (Å²) in [6.45, 7) is 10.5. The van der Waals surface area contributed by atoms with Gasteiger partial charge in [-0.25, -0.2) is 19.4 Å². The molecule has 4 rings (SSSR count). The Balaban J connectivity index is 1.62. The van der Waals surface area contributed by atoms with Crippen molar-refractivity contribution in [2.24, 2.45) is 0 Å². The van der Waals surface area contributed by atoms with E-state index in [2.05, 4.69) is 20.4 Å². The lowest BCUT2D eigenvalue weighted by Crippen LogP contribution is -2.31. The topological polar surface area (TPSA) is 127 Å². The average molecular weight is 466 g/mol. The summed E-state index contributed by atoms with van der Waals surface area (Å²) in [6.07, 6.45) is 0.475. The monoisotopic (exact) mass is 465 g/mol. The summed E-state index contributed by atoms with van der Waals surface area (Å²) in [4.78, 5) is 32.2. The van der Waals surface area contributed by atoms with Crippen LogP contribution in [-0.2, 0) is 23.7 Å². The number of carbonyl (C=O) groups excluding carboxylic acids is 2. The largest absolute Gasteiger partial charge is 0.444 e. The molecule has 2 fully saturated rings. The fraction of sp³-hybridized carbons (Fsp3) is 0.650. The lowest BCUT2D eigenvalue weighted by Gasteiger charge is -2.24. The first-order valence-corrected chi connectivity index (χ1v) is 11.2. The molecule has 12 heteroatoms. The summed E-state index contributed by atoms with van der Waals surface area (Å²) in [5, 5.41) is 7.62. The van der Waals surface area contributed by atoms with Gasteiger partial charge in [0.25, 0.3) is 0 Å². The van der Waals surface area contributed by atoms with E-state index in [0.717, 1.165) is 0 Å². The van der Waals surface area contributed by atoms with Gasteiger partial charge >= 0.3 is 6.09 Å². The molecule has 0 spiro atoms. The number of aromatic nitrogens is 4. The van der Waals surface area contributed by atoms with Gasteiger partial charge < -0.3 is 18.9 Å². The zero-order chi connectivity index (χ0) is 23.3. The first-order valence-electron chi connectivity index (χ1n) is 10.3. The summed E-state index contributed by atoms with van der Waals surface area (Å²) >= 11 is 1.18. The molecule has 2 aliphatic heterocycles. The summed E-state index contributed by atoms with van der Waals surface area (Å²) < 4.78 is 25.3. The van der Waals surface area contributed by atoms with Crippen LogP contribution in [0.3, 0.4) is 0 Å². The van der Waals surface area contributed by atoms with Crippen LogP contribution in [0.4, 0.5) is 10.6 Å². The molecule has 11 nitrogen and oxygen atoms in total. The molecule has 0 aromatic carbocycles. The van der Waals surface area contributed by atoms with Crippen LogP contribution in [0.1, 0.15) is 47.8 Å². The molecule has 1 N–H and O–H groups in total. The maximum atomic E-state index is 12.2. The number of nitrogens with zero attached hydrogens (tertiary/aromatic N) is 4. The molecule has 32 heavy (non-hydrogen) atoms. The molecule has 2 aromatic heterocycles. The normalized spacial score (nSPS) is 26.8. The smallest absolute Gasteiger partial charge is 0.413 e. The number of hydrogen-bond acceptors (Lipinski definition) is 10. The van der Waals surface area contributed by atoms with Gasteiger partial charge in [0, 0.05) is 12.7 Å². The van der Waals surface area contributed by atoms with Crippen molar-refractivity contribution in [3.05, 3.63) is 12.5 Å². The number of amides is 1. The van der Waals surface area contributed by atoms with Crippen molar-refractivity contribution < 1.29 is 28.5 Å². The van der Waals surface area contributed by atoms with Gasteiger partial charge in [0.15, 0.2) is 22.8 Å². The minimum Gasteiger partial charge on any atom is -0.444 e. The highest BCUT2D eigenvalue weighted by molar-refractivity contribution is 8.13. The van der Waals surface area contributed by atoms with Crippen molar-refractivity contribution in [1.82, 2.24) is 19.7 Å². The zero-order valence-electron chi connectivity index (χ0n) is 18.8. The molecule has 1 amide bonds. The van der Waals surface area contributed by atoms with Gasteiger partial charge in [-0.3, -0.25) is 10.1 Å². The highest BCUT2D eigenvalue weighted by atomic mass is 32.2. The third kappa shape index (κ3) is 4.72. The number of carbonyl (C=O) groups is 2. The van der Waals surface area contributed by atoms with E-state index in [-0.39, 0.29) is 23.1 Å². The fourth-order valence-corrected chi connectivity index (χ4v) is 4.41. The fourth-order valence-electron chi connectivity index (χ4n) is 3.74. The third-order valence-electron chi connectivity index (χ3n) is 4.83. The van der Waals surface area contributed by atoms with Crippen LogP contribution in [0.15, 0.2) is 12.5 Å². The van der Waals surface area contributed by atoms with Crippen molar-refractivity contribution in [1.29, 1.82) is 0 Å². The van der Waals surface area contributed by atoms with Crippen molar-refractivity contribution >= 4 is 39.8 Å². The standard InChI is InChI=1S/C20H27N5O6S/c1-10(26)32-8-12-13-14(30-20(5,6)29-13)17(28-12)25-16-11(7-23-25)15(21-9-22-16)24-18(27)31-19(2,3)4/h7,9,12-14,17H,8H2,1-6H3,(H,21,22,24,27)/t12-,13-,14-,17-/m1/s1. The molecule has 4 atom stereocenters. The molecule has 0 aliphatic carbocycles. The van der Waals surface area contributed by atoms with E-state index in [9.17, 15) is 9.59 Å². The van der Waals surface area contributed by atoms with Crippen LogP contribution in [0.25, 0.3) is 11.0 Å². The molecule has 2 saturated heterocycles. The number of hydrogen-bond donors (Lipinski definition) is 1. The Morgan fingerprint density at radius 3 is 2.66 bits per heavy atom. The van der Waals surface area contributed by atoms with E-state index in [4.69, 9.17) is 18.9 Å². The Kier molecular flexibility index (Phi) is 5.90. The highest BCUT2D eigenvalue weighted by Crippen LogP contribution is 2.44. The Morgan fingerprint density at radius 1 is 1.25 bits per heavy atom. The zero-order valence-corrected chi connectivity index (χ0v) is 19.6. The van der Waals surface area contributed by atoms with Crippen molar-refractivity contribution in [2.45, 2.75) is 77.5 Å². The quantitative estimate of drug-likeness (QED) is 0.720. The molecule has 174 valence electrons. The molecule has 0 radical (unpaired) electrons. The molecule has 0 unspecified atom stereocenters. The number of fused-ring (bicyclic) bond motifs is 2. The molecular weight excluding hydrogens is 438 g/mol. The van der Waals surface area contributed by atoms with Gasteiger partial charge in [0.05, 0.1) is 17.7 Å². The van der Waals surface area contributed by atoms with Crippen LogP contribution < -0.4 is 5.32 Å². The Bertz CT molecular complexity index is 1040. The first kappa shape index (κ1) is 22.9. The van der Waals surface area contributed by atoms with Crippen LogP contribution in [0, 0.1) is 0 Å². The predicted molar refractivity (Wildman–Crippen MR) is 116 cm³/mol. The van der Waals surface area contributed by atoms with E-state index >= 15 is 0 Å². The number of nitrogens with one attached hydrogen (secondary N) is 1. The van der Waals surface area contributed by atoms with Crippen LogP contribution in [0.2, 0.25) is 0 Å². The van der Waals surface area contributed by atoms with Crippen molar-refractivity contribution in [3.63, 3.8) is 0 Å². The van der Waals surface area contributed by atoms with Crippen LogP contribution in [-0.4, -0.2) is 66.4 Å². The van der Waals surface area contributed by atoms with E-state index in [1.807, 2.05) is 13.8 Å². The Morgan fingerprint density at radius 2 is 1.97 bits per heavy atom. The second-order valence-electron chi connectivity index (χ2n) is 9.11. The molecule has 2 aliphatic rings. The summed E-state index contributed by atoms with van der Waals surface area (Å²) in [5.41, 5.74) is -0.185. The second-order valence-corrected chi connectivity index (χ2v) is 10.3. The number of rotatable bonds is 4. The lowest BCUT2D eigenvalue weighted by atomic mass is 10.1. The van der Waals surface area contributed by atoms with Gasteiger partial charge in [-0.2, -0.15) is 5.10 Å². The molecule has 2 aromatic rings. The van der Waals surface area contributed by atoms with E-state index in [1.54, 1.807) is 31.6 Å². The first-order chi connectivity index (χ1) is 14.9. The average Bonchev–Trinajstić information content (AvgIpc) is 3.29. The SMILES string of the molecule is CC(=O)SC[C@H]1O[C@@H](n2ncc3c(NC(=O)OC(C)(C)C)ncnc32)[C@@H]2OC(C)(C)O[C@@H]21. The summed E-state index contributed by atoms with van der Waals surface area (Å²) in [7, 11) is 0. The third-order valence-corrected chi connectivity index (χ3v) is 5.73. The van der Waals surface area contributed by atoms with Gasteiger partial charge in [-0.05, 0) is 34.6 Å². The van der Waals surface area contributed by atoms with Crippen molar-refractivity contribution in [2.75, 3.05) is 11.1 Å². The molecule has 0 saturated carbocycles. The number of ether oxygens (including phenoxy) is 4. The maximum Gasteiger partial charge on any atom is 0.413 e. The van der Waals surface area contributed by atoms with Gasteiger partial charge in [0.1, 0.15) is 30.0 Å². The molecule has 4 heterocycles. The van der Waals surface area contributed by atoms with E-state index in [1.165, 1.54) is 25.0 Å². The summed E-state index contributed by atoms with van der Waals surface area (Å²) in [6, 6.07) is 0. The maximum absolute atomic E-state index is 12.2. The number of thioether (sulfide) groups is 1. The van der Waals surface area contributed by atoms with E-state index in [0.29, 0.717) is 16.8 Å². The van der Waals surface area contributed by atoms with Crippen LogP contribution >= 0.6 is 11.8 Å². The van der Waals surface area contributed by atoms with Gasteiger partial charge in [0.2, 0.25) is 0 Å². The van der Waals surface area contributed by atoms with Gasteiger partial charge in [-0.1, -0.05) is 11.8 Å². The van der Waals surface area contributed by atoms with Gasteiger partial charge in [-0.15, -0.1) is 0 Å². The second kappa shape index (κ2) is 8.25. The summed E-state index contributed by atoms with van der Waals surface area (Å²) in [5.74, 6) is -0.0816. The lowest BCUT2D eigenvalue weighted by molar-refractivity contribution is -0.195. The Hall–Kier alpha value is -2.28. The minimum absolute atomic E-state index is 0.00177.